The fourth-order valence-electron chi connectivity index (χ4n) is 2.95. The van der Waals surface area contributed by atoms with Gasteiger partial charge in [0.1, 0.15) is 12.0 Å². The number of nitrogens with one attached hydrogen (secondary N) is 1. The van der Waals surface area contributed by atoms with Gasteiger partial charge in [0, 0.05) is 29.2 Å². The van der Waals surface area contributed by atoms with Crippen molar-refractivity contribution in [2.45, 2.75) is 13.8 Å². The molecule has 1 N–H and O–H groups in total. The van der Waals surface area contributed by atoms with Gasteiger partial charge < -0.3 is 5.32 Å². The number of aromatic nitrogens is 3. The Morgan fingerprint density at radius 3 is 2.58 bits per heavy atom. The van der Waals surface area contributed by atoms with Crippen molar-refractivity contribution in [1.82, 2.24) is 15.0 Å². The van der Waals surface area contributed by atoms with Gasteiger partial charge in [-0.2, -0.15) is 0 Å². The third-order valence-electron chi connectivity index (χ3n) is 4.73. The van der Waals surface area contributed by atoms with Crippen molar-refractivity contribution in [2.75, 3.05) is 5.32 Å². The third-order valence-corrected chi connectivity index (χ3v) is 4.73. The first kappa shape index (κ1) is 23.3. The number of hydrogen-bond acceptors (Lipinski definition) is 4. The molecule has 0 saturated heterocycles. The average molecular weight is 435 g/mol. The highest BCUT2D eigenvalue weighted by atomic mass is 16.1. The zero-order chi connectivity index (χ0) is 23.5. The number of rotatable bonds is 8. The molecule has 2 aromatic heterocycles. The molecular weight excluding hydrogens is 408 g/mol. The maximum atomic E-state index is 12.5. The van der Waals surface area contributed by atoms with Crippen LogP contribution in [0.15, 0.2) is 104 Å². The molecule has 3 aromatic rings. The van der Waals surface area contributed by atoms with Gasteiger partial charge in [0.15, 0.2) is 0 Å². The molecule has 0 bridgehead atoms. The lowest BCUT2D eigenvalue weighted by molar-refractivity contribution is 0.102. The van der Waals surface area contributed by atoms with Crippen LogP contribution in [0.3, 0.4) is 0 Å². The topological polar surface area (TPSA) is 67.8 Å². The molecule has 0 radical (unpaired) electrons. The molecule has 0 saturated carbocycles. The number of amides is 1. The molecule has 0 spiro atoms. The van der Waals surface area contributed by atoms with E-state index in [1.54, 1.807) is 24.5 Å². The Hall–Kier alpha value is -4.38. The van der Waals surface area contributed by atoms with Gasteiger partial charge in [0.2, 0.25) is 0 Å². The van der Waals surface area contributed by atoms with Crippen LogP contribution in [0.1, 0.15) is 41.2 Å². The first-order chi connectivity index (χ1) is 16.1. The van der Waals surface area contributed by atoms with Crippen LogP contribution in [0.2, 0.25) is 0 Å². The predicted octanol–water partition coefficient (Wildman–Crippen LogP) is 6.39. The van der Waals surface area contributed by atoms with E-state index in [9.17, 15) is 4.79 Å². The van der Waals surface area contributed by atoms with E-state index in [-0.39, 0.29) is 5.91 Å². The maximum Gasteiger partial charge on any atom is 0.274 e. The first-order valence-corrected chi connectivity index (χ1v) is 10.6. The minimum atomic E-state index is -0.254. The summed E-state index contributed by atoms with van der Waals surface area (Å²) in [6.07, 6.45) is 18.6. The van der Waals surface area contributed by atoms with Crippen LogP contribution in [0.5, 0.6) is 0 Å². The van der Waals surface area contributed by atoms with Gasteiger partial charge >= 0.3 is 0 Å². The largest absolute Gasteiger partial charge is 0.321 e. The number of hydrogen-bond donors (Lipinski definition) is 1. The van der Waals surface area contributed by atoms with Gasteiger partial charge in [-0.3, -0.25) is 9.78 Å². The quantitative estimate of drug-likeness (QED) is 0.417. The lowest BCUT2D eigenvalue weighted by atomic mass is 10.0. The molecule has 0 aliphatic carbocycles. The van der Waals surface area contributed by atoms with Gasteiger partial charge in [0.25, 0.3) is 5.91 Å². The normalized spacial score (nSPS) is 12.3. The Balaban J connectivity index is 1.86. The fraction of sp³-hybridized carbons (Fsp3) is 0.0714. The van der Waals surface area contributed by atoms with Crippen molar-refractivity contribution in [3.63, 3.8) is 0 Å². The monoisotopic (exact) mass is 434 g/mol. The van der Waals surface area contributed by atoms with E-state index in [0.29, 0.717) is 5.69 Å². The van der Waals surface area contributed by atoms with Gasteiger partial charge in [-0.25, -0.2) is 9.97 Å². The van der Waals surface area contributed by atoms with Crippen molar-refractivity contribution >= 4 is 29.3 Å². The molecule has 5 heteroatoms. The van der Waals surface area contributed by atoms with Gasteiger partial charge in [-0.15, -0.1) is 0 Å². The standard InChI is InChI=1S/C28H26N4O/c1-4-10-22(17-24-18-29-20-31-26(24)14-9-11-21(3)5-2)23-15-16-27(30-19-23)28(33)32-25-12-7-6-8-13-25/h4-20H,2H2,1,3H3,(H,32,33)/b10-4+,14-9-,21-11-,22-17+. The van der Waals surface area contributed by atoms with Gasteiger partial charge in [-0.05, 0) is 49.8 Å². The number of para-hydroxylation sites is 1. The van der Waals surface area contributed by atoms with Crippen LogP contribution in [0.25, 0.3) is 17.7 Å². The zero-order valence-corrected chi connectivity index (χ0v) is 18.8. The molecular formula is C28H26N4O. The molecule has 2 heterocycles. The van der Waals surface area contributed by atoms with Crippen LogP contribution in [-0.4, -0.2) is 20.9 Å². The van der Waals surface area contributed by atoms with Crippen LogP contribution in [0.4, 0.5) is 5.69 Å². The zero-order valence-electron chi connectivity index (χ0n) is 18.8. The van der Waals surface area contributed by atoms with Crippen molar-refractivity contribution in [3.8, 4) is 0 Å². The van der Waals surface area contributed by atoms with E-state index < -0.39 is 0 Å². The number of anilines is 1. The fourth-order valence-corrected chi connectivity index (χ4v) is 2.95. The highest BCUT2D eigenvalue weighted by Gasteiger charge is 2.09. The second-order valence-electron chi connectivity index (χ2n) is 7.19. The number of pyridine rings is 1. The minimum Gasteiger partial charge on any atom is -0.321 e. The van der Waals surface area contributed by atoms with E-state index in [1.165, 1.54) is 6.33 Å². The van der Waals surface area contributed by atoms with Crippen molar-refractivity contribution in [3.05, 3.63) is 126 Å². The highest BCUT2D eigenvalue weighted by Crippen LogP contribution is 2.21. The van der Waals surface area contributed by atoms with E-state index in [1.807, 2.05) is 86.7 Å². The predicted molar refractivity (Wildman–Crippen MR) is 136 cm³/mol. The number of nitrogens with zero attached hydrogens (tertiary/aromatic N) is 3. The number of benzene rings is 1. The molecule has 0 atom stereocenters. The molecule has 33 heavy (non-hydrogen) atoms. The summed E-state index contributed by atoms with van der Waals surface area (Å²) >= 11 is 0. The number of carbonyl (C=O) groups excluding carboxylic acids is 1. The second kappa shape index (κ2) is 11.9. The molecule has 1 amide bonds. The number of carbonyl (C=O) groups is 1. The average Bonchev–Trinajstić information content (AvgIpc) is 2.85. The highest BCUT2D eigenvalue weighted by molar-refractivity contribution is 6.03. The van der Waals surface area contributed by atoms with E-state index in [4.69, 9.17) is 0 Å². The van der Waals surface area contributed by atoms with E-state index in [0.717, 1.165) is 33.7 Å². The Bertz CT molecular complexity index is 1220. The summed E-state index contributed by atoms with van der Waals surface area (Å²) in [6.45, 7) is 7.70. The first-order valence-electron chi connectivity index (χ1n) is 10.6. The van der Waals surface area contributed by atoms with E-state index >= 15 is 0 Å². The lowest BCUT2D eigenvalue weighted by Gasteiger charge is -2.07. The molecule has 5 nitrogen and oxygen atoms in total. The van der Waals surface area contributed by atoms with Gasteiger partial charge in [-0.1, -0.05) is 66.8 Å². The number of allylic oxidation sites excluding steroid dienone is 7. The summed E-state index contributed by atoms with van der Waals surface area (Å²) in [5.74, 6) is -0.254. The summed E-state index contributed by atoms with van der Waals surface area (Å²) in [5.41, 5.74) is 5.62. The molecule has 3 rings (SSSR count). The van der Waals surface area contributed by atoms with Crippen LogP contribution < -0.4 is 5.32 Å². The summed E-state index contributed by atoms with van der Waals surface area (Å²) in [7, 11) is 0. The Kier molecular flexibility index (Phi) is 8.37. The summed E-state index contributed by atoms with van der Waals surface area (Å²) < 4.78 is 0. The van der Waals surface area contributed by atoms with Crippen molar-refractivity contribution < 1.29 is 4.79 Å². The van der Waals surface area contributed by atoms with E-state index in [2.05, 4.69) is 26.8 Å². The van der Waals surface area contributed by atoms with Crippen LogP contribution in [0, 0.1) is 0 Å². The Morgan fingerprint density at radius 1 is 1.06 bits per heavy atom. The molecule has 1 aromatic carbocycles. The molecule has 0 aliphatic heterocycles. The summed E-state index contributed by atoms with van der Waals surface area (Å²) in [5, 5.41) is 2.85. The lowest BCUT2D eigenvalue weighted by Crippen LogP contribution is -2.13. The Labute approximate surface area is 194 Å². The SMILES string of the molecule is C=C/C(C)=C\C=C/c1ncncc1/C=C(\C=C\C)c1ccc(C(=O)Nc2ccccc2)nc1. The Morgan fingerprint density at radius 2 is 1.88 bits per heavy atom. The molecule has 0 aliphatic rings. The molecule has 0 unspecified atom stereocenters. The van der Waals surface area contributed by atoms with Crippen molar-refractivity contribution in [2.24, 2.45) is 0 Å². The maximum absolute atomic E-state index is 12.5. The second-order valence-corrected chi connectivity index (χ2v) is 7.19. The van der Waals surface area contributed by atoms with Gasteiger partial charge in [0.05, 0.1) is 5.69 Å². The third kappa shape index (κ3) is 6.80. The molecule has 164 valence electrons. The van der Waals surface area contributed by atoms with Crippen LogP contribution in [-0.2, 0) is 0 Å². The van der Waals surface area contributed by atoms with Crippen LogP contribution >= 0.6 is 0 Å². The van der Waals surface area contributed by atoms with Crippen molar-refractivity contribution in [1.29, 1.82) is 0 Å². The minimum absolute atomic E-state index is 0.254. The molecule has 0 fully saturated rings. The summed E-state index contributed by atoms with van der Waals surface area (Å²) in [4.78, 5) is 25.4. The summed E-state index contributed by atoms with van der Waals surface area (Å²) in [6, 6.07) is 12.9. The smallest absolute Gasteiger partial charge is 0.274 e.